The SMILES string of the molecule is O=C(CC(=O)N1CCc2ccccc21)Nc1ccc(Br)cc1. The lowest BCUT2D eigenvalue weighted by Crippen LogP contribution is -2.32. The van der Waals surface area contributed by atoms with Crippen LogP contribution < -0.4 is 10.2 Å². The molecule has 0 saturated carbocycles. The number of fused-ring (bicyclic) bond motifs is 1. The second-order valence-corrected chi connectivity index (χ2v) is 6.07. The molecule has 5 heteroatoms. The van der Waals surface area contributed by atoms with E-state index in [-0.39, 0.29) is 18.2 Å². The van der Waals surface area contributed by atoms with E-state index in [2.05, 4.69) is 21.2 Å². The zero-order chi connectivity index (χ0) is 15.5. The lowest BCUT2D eigenvalue weighted by molar-refractivity contribution is -0.125. The summed E-state index contributed by atoms with van der Waals surface area (Å²) in [5, 5.41) is 2.74. The van der Waals surface area contributed by atoms with Gasteiger partial charge in [-0.15, -0.1) is 0 Å². The number of rotatable bonds is 3. The highest BCUT2D eigenvalue weighted by Gasteiger charge is 2.25. The average Bonchev–Trinajstić information content (AvgIpc) is 2.93. The van der Waals surface area contributed by atoms with E-state index in [0.29, 0.717) is 12.2 Å². The van der Waals surface area contributed by atoms with Crippen molar-refractivity contribution in [1.29, 1.82) is 0 Å². The fourth-order valence-electron chi connectivity index (χ4n) is 2.57. The number of hydrogen-bond acceptors (Lipinski definition) is 2. The molecule has 2 aromatic carbocycles. The van der Waals surface area contributed by atoms with E-state index in [1.54, 1.807) is 17.0 Å². The first-order valence-corrected chi connectivity index (χ1v) is 7.86. The summed E-state index contributed by atoms with van der Waals surface area (Å²) in [6.45, 7) is 0.643. The quantitative estimate of drug-likeness (QED) is 0.855. The highest BCUT2D eigenvalue weighted by molar-refractivity contribution is 9.10. The van der Waals surface area contributed by atoms with Crippen LogP contribution in [0, 0.1) is 0 Å². The van der Waals surface area contributed by atoms with Crippen LogP contribution in [0.4, 0.5) is 11.4 Å². The maximum Gasteiger partial charge on any atom is 0.236 e. The number of halogens is 1. The first-order valence-electron chi connectivity index (χ1n) is 7.07. The summed E-state index contributed by atoms with van der Waals surface area (Å²) in [5.41, 5.74) is 2.76. The van der Waals surface area contributed by atoms with Crippen molar-refractivity contribution in [2.45, 2.75) is 12.8 Å². The van der Waals surface area contributed by atoms with Gasteiger partial charge < -0.3 is 10.2 Å². The zero-order valence-corrected chi connectivity index (χ0v) is 13.5. The Morgan fingerprint density at radius 2 is 1.82 bits per heavy atom. The molecule has 3 rings (SSSR count). The molecule has 0 spiro atoms. The highest BCUT2D eigenvalue weighted by atomic mass is 79.9. The fraction of sp³-hybridized carbons (Fsp3) is 0.176. The Balaban J connectivity index is 1.62. The van der Waals surface area contributed by atoms with E-state index in [0.717, 1.165) is 22.1 Å². The van der Waals surface area contributed by atoms with Crippen LogP contribution >= 0.6 is 15.9 Å². The van der Waals surface area contributed by atoms with Crippen molar-refractivity contribution in [3.05, 3.63) is 58.6 Å². The van der Waals surface area contributed by atoms with Gasteiger partial charge in [0.05, 0.1) is 0 Å². The third-order valence-electron chi connectivity index (χ3n) is 3.63. The molecule has 0 radical (unpaired) electrons. The molecule has 0 bridgehead atoms. The Bertz CT molecular complexity index is 713. The molecule has 2 amide bonds. The van der Waals surface area contributed by atoms with Crippen molar-refractivity contribution < 1.29 is 9.59 Å². The largest absolute Gasteiger partial charge is 0.326 e. The van der Waals surface area contributed by atoms with Gasteiger partial charge in [-0.1, -0.05) is 34.1 Å². The molecule has 112 valence electrons. The van der Waals surface area contributed by atoms with Gasteiger partial charge >= 0.3 is 0 Å². The number of amides is 2. The summed E-state index contributed by atoms with van der Waals surface area (Å²) in [4.78, 5) is 26.0. The lowest BCUT2D eigenvalue weighted by Gasteiger charge is -2.17. The Labute approximate surface area is 137 Å². The molecule has 0 aromatic heterocycles. The molecular weight excluding hydrogens is 344 g/mol. The van der Waals surface area contributed by atoms with Gasteiger partial charge in [-0.25, -0.2) is 0 Å². The lowest BCUT2D eigenvalue weighted by atomic mass is 10.2. The number of anilines is 2. The van der Waals surface area contributed by atoms with E-state index < -0.39 is 0 Å². The van der Waals surface area contributed by atoms with Crippen LogP contribution in [0.1, 0.15) is 12.0 Å². The van der Waals surface area contributed by atoms with Gasteiger partial charge in [0.1, 0.15) is 6.42 Å². The normalized spacial score (nSPS) is 12.9. The van der Waals surface area contributed by atoms with Crippen molar-refractivity contribution in [1.82, 2.24) is 0 Å². The minimum atomic E-state index is -0.295. The van der Waals surface area contributed by atoms with Crippen LogP contribution in [0.2, 0.25) is 0 Å². The summed E-state index contributed by atoms with van der Waals surface area (Å²) in [5.74, 6) is -0.462. The third kappa shape index (κ3) is 3.20. The number of nitrogens with zero attached hydrogens (tertiary/aromatic N) is 1. The second-order valence-electron chi connectivity index (χ2n) is 5.16. The van der Waals surface area contributed by atoms with E-state index in [1.807, 2.05) is 36.4 Å². The number of nitrogens with one attached hydrogen (secondary N) is 1. The summed E-state index contributed by atoms with van der Waals surface area (Å²) < 4.78 is 0.940. The Morgan fingerprint density at radius 3 is 2.59 bits per heavy atom. The predicted octanol–water partition coefficient (Wildman–Crippen LogP) is 3.37. The molecular formula is C17H15BrN2O2. The standard InChI is InChI=1S/C17H15BrN2O2/c18-13-5-7-14(8-6-13)19-16(21)11-17(22)20-10-9-12-3-1-2-4-15(12)20/h1-8H,9-11H2,(H,19,21). The molecule has 1 N–H and O–H groups in total. The minimum absolute atomic E-state index is 0.148. The second kappa shape index (κ2) is 6.32. The van der Waals surface area contributed by atoms with Gasteiger partial charge in [-0.05, 0) is 42.3 Å². The first kappa shape index (κ1) is 14.8. The van der Waals surface area contributed by atoms with Gasteiger partial charge in [-0.3, -0.25) is 9.59 Å². The molecule has 1 heterocycles. The molecule has 2 aromatic rings. The van der Waals surface area contributed by atoms with Crippen molar-refractivity contribution >= 4 is 39.1 Å². The van der Waals surface area contributed by atoms with E-state index >= 15 is 0 Å². The molecule has 1 aliphatic rings. The highest BCUT2D eigenvalue weighted by Crippen LogP contribution is 2.27. The molecule has 0 fully saturated rings. The number of carbonyl (C=O) groups excluding carboxylic acids is 2. The average molecular weight is 359 g/mol. The Kier molecular flexibility index (Phi) is 4.24. The topological polar surface area (TPSA) is 49.4 Å². The first-order chi connectivity index (χ1) is 10.6. The summed E-state index contributed by atoms with van der Waals surface area (Å²) >= 11 is 3.34. The van der Waals surface area contributed by atoms with E-state index in [1.165, 1.54) is 0 Å². The van der Waals surface area contributed by atoms with Gasteiger partial charge in [0, 0.05) is 22.4 Å². The summed E-state index contributed by atoms with van der Waals surface area (Å²) in [6, 6.07) is 15.1. The van der Waals surface area contributed by atoms with Crippen molar-refractivity contribution in [2.75, 3.05) is 16.8 Å². The van der Waals surface area contributed by atoms with Crippen LogP contribution in [0.15, 0.2) is 53.0 Å². The van der Waals surface area contributed by atoms with E-state index in [4.69, 9.17) is 0 Å². The van der Waals surface area contributed by atoms with Crippen LogP contribution in [0.5, 0.6) is 0 Å². The summed E-state index contributed by atoms with van der Waals surface area (Å²) in [6.07, 6.45) is 0.695. The van der Waals surface area contributed by atoms with Gasteiger partial charge in [-0.2, -0.15) is 0 Å². The van der Waals surface area contributed by atoms with Crippen molar-refractivity contribution in [3.8, 4) is 0 Å². The molecule has 0 saturated heterocycles. The number of para-hydroxylation sites is 1. The minimum Gasteiger partial charge on any atom is -0.326 e. The molecule has 22 heavy (non-hydrogen) atoms. The van der Waals surface area contributed by atoms with Crippen molar-refractivity contribution in [3.63, 3.8) is 0 Å². The molecule has 0 unspecified atom stereocenters. The molecule has 4 nitrogen and oxygen atoms in total. The van der Waals surface area contributed by atoms with Crippen molar-refractivity contribution in [2.24, 2.45) is 0 Å². The maximum atomic E-state index is 12.3. The maximum absolute atomic E-state index is 12.3. The monoisotopic (exact) mass is 358 g/mol. The Morgan fingerprint density at radius 1 is 1.09 bits per heavy atom. The fourth-order valence-corrected chi connectivity index (χ4v) is 2.83. The number of carbonyl (C=O) groups is 2. The predicted molar refractivity (Wildman–Crippen MR) is 89.9 cm³/mol. The number of hydrogen-bond donors (Lipinski definition) is 1. The van der Waals surface area contributed by atoms with Crippen LogP contribution in [-0.2, 0) is 16.0 Å². The van der Waals surface area contributed by atoms with Gasteiger partial charge in [0.25, 0.3) is 0 Å². The summed E-state index contributed by atoms with van der Waals surface area (Å²) in [7, 11) is 0. The van der Waals surface area contributed by atoms with Crippen LogP contribution in [0.3, 0.4) is 0 Å². The van der Waals surface area contributed by atoms with Gasteiger partial charge in [0.15, 0.2) is 0 Å². The smallest absolute Gasteiger partial charge is 0.236 e. The molecule has 0 aliphatic carbocycles. The molecule has 1 aliphatic heterocycles. The molecule has 0 atom stereocenters. The zero-order valence-electron chi connectivity index (χ0n) is 11.9. The van der Waals surface area contributed by atoms with E-state index in [9.17, 15) is 9.59 Å². The number of benzene rings is 2. The third-order valence-corrected chi connectivity index (χ3v) is 4.16. The van der Waals surface area contributed by atoms with Crippen LogP contribution in [0.25, 0.3) is 0 Å². The van der Waals surface area contributed by atoms with Crippen LogP contribution in [-0.4, -0.2) is 18.4 Å². The Hall–Kier alpha value is -2.14. The van der Waals surface area contributed by atoms with Gasteiger partial charge in [0.2, 0.25) is 11.8 Å².